The van der Waals surface area contributed by atoms with Crippen LogP contribution in [-0.2, 0) is 10.2 Å². The molecule has 1 saturated heterocycles. The number of rotatable bonds is 5. The average Bonchev–Trinajstić information content (AvgIpc) is 3.34. The largest absolute Gasteiger partial charge is 0.336 e. The molecule has 2 fully saturated rings. The highest BCUT2D eigenvalue weighted by atomic mass is 16.2. The molecule has 0 aromatic heterocycles. The Morgan fingerprint density at radius 1 is 0.879 bits per heavy atom. The first-order chi connectivity index (χ1) is 15.8. The molecule has 0 bridgehead atoms. The summed E-state index contributed by atoms with van der Waals surface area (Å²) >= 11 is 0. The minimum absolute atomic E-state index is 0.0722. The molecule has 33 heavy (non-hydrogen) atoms. The molecule has 176 valence electrons. The van der Waals surface area contributed by atoms with E-state index >= 15 is 0 Å². The zero-order chi connectivity index (χ0) is 23.4. The second-order valence-electron chi connectivity index (χ2n) is 10.5. The number of nitrogens with one attached hydrogen (secondary N) is 1. The van der Waals surface area contributed by atoms with Gasteiger partial charge in [-0.15, -0.1) is 0 Å². The Labute approximate surface area is 198 Å². The summed E-state index contributed by atoms with van der Waals surface area (Å²) in [7, 11) is 0. The number of nitrogens with zero attached hydrogens (tertiary/aromatic N) is 2. The molecule has 0 radical (unpaired) electrons. The number of hydrogen-bond donors (Lipinski definition) is 1. The summed E-state index contributed by atoms with van der Waals surface area (Å²) in [5.74, 6) is 0.563. The number of piperazine rings is 1. The predicted molar refractivity (Wildman–Crippen MR) is 133 cm³/mol. The van der Waals surface area contributed by atoms with Gasteiger partial charge < -0.3 is 10.2 Å². The summed E-state index contributed by atoms with van der Waals surface area (Å²) in [6.07, 6.45) is 4.60. The van der Waals surface area contributed by atoms with Crippen LogP contribution in [-0.4, -0.2) is 53.8 Å². The van der Waals surface area contributed by atoms with Crippen LogP contribution in [0.3, 0.4) is 0 Å². The fraction of sp³-hybridized carbons (Fsp3) is 0.500. The van der Waals surface area contributed by atoms with E-state index in [1.807, 2.05) is 47.4 Å². The third-order valence-corrected chi connectivity index (χ3v) is 7.15. The van der Waals surface area contributed by atoms with E-state index in [-0.39, 0.29) is 23.3 Å². The lowest BCUT2D eigenvalue weighted by Gasteiger charge is -2.40. The van der Waals surface area contributed by atoms with Gasteiger partial charge in [0.15, 0.2) is 0 Å². The fourth-order valence-electron chi connectivity index (χ4n) is 5.19. The SMILES string of the molecule is CC(C)(C)c1ccc(C(=O)N2CCN([C@H](C(=O)Nc3ccccc3)C3CCCC3)CC2)cc1. The number of hydrogen-bond acceptors (Lipinski definition) is 3. The molecule has 0 spiro atoms. The molecule has 2 aliphatic rings. The van der Waals surface area contributed by atoms with Crippen molar-refractivity contribution in [1.29, 1.82) is 0 Å². The zero-order valence-corrected chi connectivity index (χ0v) is 20.2. The van der Waals surface area contributed by atoms with Gasteiger partial charge in [0, 0.05) is 37.4 Å². The molecule has 1 atom stereocenters. The monoisotopic (exact) mass is 447 g/mol. The van der Waals surface area contributed by atoms with Crippen LogP contribution in [0.15, 0.2) is 54.6 Å². The van der Waals surface area contributed by atoms with E-state index in [1.165, 1.54) is 18.4 Å². The van der Waals surface area contributed by atoms with Crippen molar-refractivity contribution in [3.8, 4) is 0 Å². The highest BCUT2D eigenvalue weighted by molar-refractivity contribution is 5.95. The van der Waals surface area contributed by atoms with Gasteiger partial charge in [-0.05, 0) is 54.0 Å². The molecule has 2 aromatic rings. The minimum Gasteiger partial charge on any atom is -0.336 e. The smallest absolute Gasteiger partial charge is 0.253 e. The quantitative estimate of drug-likeness (QED) is 0.706. The highest BCUT2D eigenvalue weighted by Gasteiger charge is 2.37. The van der Waals surface area contributed by atoms with Crippen molar-refractivity contribution in [2.24, 2.45) is 5.92 Å². The Hall–Kier alpha value is -2.66. The molecule has 1 heterocycles. The molecule has 2 aromatic carbocycles. The maximum absolute atomic E-state index is 13.3. The molecule has 1 aliphatic heterocycles. The van der Waals surface area contributed by atoms with E-state index in [0.717, 1.165) is 37.2 Å². The molecule has 0 unspecified atom stereocenters. The first kappa shape index (κ1) is 23.5. The summed E-state index contributed by atoms with van der Waals surface area (Å²) in [5.41, 5.74) is 2.89. The van der Waals surface area contributed by atoms with E-state index in [9.17, 15) is 9.59 Å². The van der Waals surface area contributed by atoms with Crippen molar-refractivity contribution < 1.29 is 9.59 Å². The van der Waals surface area contributed by atoms with Crippen LogP contribution < -0.4 is 5.32 Å². The summed E-state index contributed by atoms with van der Waals surface area (Å²) in [5, 5.41) is 3.13. The van der Waals surface area contributed by atoms with E-state index in [1.54, 1.807) is 0 Å². The van der Waals surface area contributed by atoms with Crippen LogP contribution in [0.2, 0.25) is 0 Å². The third kappa shape index (κ3) is 5.64. The number of carbonyl (C=O) groups is 2. The molecule has 1 N–H and O–H groups in total. The Balaban J connectivity index is 1.40. The van der Waals surface area contributed by atoms with Crippen molar-refractivity contribution >= 4 is 17.5 Å². The zero-order valence-electron chi connectivity index (χ0n) is 20.2. The number of para-hydroxylation sites is 1. The first-order valence-corrected chi connectivity index (χ1v) is 12.3. The van der Waals surface area contributed by atoms with Crippen LogP contribution in [0, 0.1) is 5.92 Å². The van der Waals surface area contributed by atoms with Crippen molar-refractivity contribution in [1.82, 2.24) is 9.80 Å². The van der Waals surface area contributed by atoms with Crippen molar-refractivity contribution in [3.63, 3.8) is 0 Å². The second kappa shape index (κ2) is 10.1. The summed E-state index contributed by atoms with van der Waals surface area (Å²) in [4.78, 5) is 30.7. The van der Waals surface area contributed by atoms with Crippen LogP contribution in [0.1, 0.15) is 62.4 Å². The Kier molecular flexibility index (Phi) is 7.18. The average molecular weight is 448 g/mol. The van der Waals surface area contributed by atoms with Crippen LogP contribution in [0.5, 0.6) is 0 Å². The number of amides is 2. The van der Waals surface area contributed by atoms with Gasteiger partial charge in [0.1, 0.15) is 0 Å². The van der Waals surface area contributed by atoms with Gasteiger partial charge in [0.25, 0.3) is 5.91 Å². The Morgan fingerprint density at radius 2 is 1.48 bits per heavy atom. The van der Waals surface area contributed by atoms with Crippen LogP contribution in [0.4, 0.5) is 5.69 Å². The van der Waals surface area contributed by atoms with Crippen molar-refractivity contribution in [3.05, 3.63) is 65.7 Å². The standard InChI is InChI=1S/C28H37N3O2/c1-28(2,3)23-15-13-22(14-16-23)27(33)31-19-17-30(18-20-31)25(21-9-7-8-10-21)26(32)29-24-11-5-4-6-12-24/h4-6,11-16,21,25H,7-10,17-20H2,1-3H3,(H,29,32)/t25-/m0/s1. The highest BCUT2D eigenvalue weighted by Crippen LogP contribution is 2.32. The lowest BCUT2D eigenvalue weighted by Crippen LogP contribution is -2.56. The first-order valence-electron chi connectivity index (χ1n) is 12.3. The molecular weight excluding hydrogens is 410 g/mol. The van der Waals surface area contributed by atoms with E-state index < -0.39 is 0 Å². The third-order valence-electron chi connectivity index (χ3n) is 7.15. The van der Waals surface area contributed by atoms with Crippen LogP contribution >= 0.6 is 0 Å². The Bertz CT molecular complexity index is 935. The van der Waals surface area contributed by atoms with Gasteiger partial charge in [-0.2, -0.15) is 0 Å². The second-order valence-corrected chi connectivity index (χ2v) is 10.5. The normalized spacial score (nSPS) is 18.8. The summed E-state index contributed by atoms with van der Waals surface area (Å²) < 4.78 is 0. The Morgan fingerprint density at radius 3 is 2.06 bits per heavy atom. The minimum atomic E-state index is -0.129. The molecule has 1 saturated carbocycles. The maximum Gasteiger partial charge on any atom is 0.253 e. The van der Waals surface area contributed by atoms with Crippen molar-refractivity contribution in [2.45, 2.75) is 57.9 Å². The molecule has 2 amide bonds. The van der Waals surface area contributed by atoms with Gasteiger partial charge in [0.2, 0.25) is 5.91 Å². The number of anilines is 1. The molecule has 1 aliphatic carbocycles. The number of benzene rings is 2. The molecule has 5 nitrogen and oxygen atoms in total. The van der Waals surface area contributed by atoms with Gasteiger partial charge in [-0.3, -0.25) is 14.5 Å². The van der Waals surface area contributed by atoms with Gasteiger partial charge in [-0.1, -0.05) is 63.9 Å². The number of carbonyl (C=O) groups excluding carboxylic acids is 2. The van der Waals surface area contributed by atoms with E-state index in [0.29, 0.717) is 19.0 Å². The topological polar surface area (TPSA) is 52.7 Å². The van der Waals surface area contributed by atoms with E-state index in [2.05, 4.69) is 43.1 Å². The van der Waals surface area contributed by atoms with Gasteiger partial charge in [-0.25, -0.2) is 0 Å². The summed E-state index contributed by atoms with van der Waals surface area (Å²) in [6.45, 7) is 9.31. The predicted octanol–water partition coefficient (Wildman–Crippen LogP) is 4.94. The molecule has 4 rings (SSSR count). The van der Waals surface area contributed by atoms with E-state index in [4.69, 9.17) is 0 Å². The van der Waals surface area contributed by atoms with Gasteiger partial charge in [0.05, 0.1) is 6.04 Å². The molecular formula is C28H37N3O2. The van der Waals surface area contributed by atoms with Crippen molar-refractivity contribution in [2.75, 3.05) is 31.5 Å². The lowest BCUT2D eigenvalue weighted by atomic mass is 9.86. The maximum atomic E-state index is 13.3. The fourth-order valence-corrected chi connectivity index (χ4v) is 5.19. The lowest BCUT2D eigenvalue weighted by molar-refractivity contribution is -0.123. The van der Waals surface area contributed by atoms with Crippen LogP contribution in [0.25, 0.3) is 0 Å². The molecule has 5 heteroatoms. The summed E-state index contributed by atoms with van der Waals surface area (Å²) in [6, 6.07) is 17.6. The van der Waals surface area contributed by atoms with Gasteiger partial charge >= 0.3 is 0 Å².